The van der Waals surface area contributed by atoms with Gasteiger partial charge in [0.1, 0.15) is 17.9 Å². The van der Waals surface area contributed by atoms with E-state index in [0.29, 0.717) is 24.0 Å². The van der Waals surface area contributed by atoms with Crippen molar-refractivity contribution in [3.8, 4) is 5.69 Å². The Morgan fingerprint density at radius 2 is 1.62 bits per heavy atom. The number of hydrogen-bond donors (Lipinski definition) is 6. The van der Waals surface area contributed by atoms with E-state index in [1.165, 1.54) is 6.66 Å². The van der Waals surface area contributed by atoms with Crippen molar-refractivity contribution in [1.82, 2.24) is 24.7 Å². The molecule has 0 radical (unpaired) electrons. The highest BCUT2D eigenvalue weighted by Gasteiger charge is 2.33. The molecule has 0 aliphatic rings. The number of alkyl halides is 3. The van der Waals surface area contributed by atoms with Crippen LogP contribution in [0.2, 0.25) is 15.3 Å². The lowest BCUT2D eigenvalue weighted by atomic mass is 10.2. The zero-order valence-corrected chi connectivity index (χ0v) is 26.9. The molecule has 0 bridgehead atoms. The van der Waals surface area contributed by atoms with Gasteiger partial charge in [-0.25, -0.2) is 4.68 Å². The number of carbonyl (C=O) groups is 1. The van der Waals surface area contributed by atoms with Crippen molar-refractivity contribution in [3.05, 3.63) is 49.3 Å². The molecular formula is C22H29Cl3F3N10O6P. The third-order valence-corrected chi connectivity index (χ3v) is 6.82. The Balaban J connectivity index is 0.000000364. The van der Waals surface area contributed by atoms with Crippen LogP contribution < -0.4 is 22.1 Å². The Kier molecular flexibility index (Phi) is 15.2. The largest absolute Gasteiger partial charge is 0.480 e. The highest BCUT2D eigenvalue weighted by molar-refractivity contribution is 7.57. The van der Waals surface area contributed by atoms with Gasteiger partial charge in [0.05, 0.1) is 20.5 Å². The number of nitrogens with zero attached hydrogens (tertiary/aromatic N) is 6. The lowest BCUT2D eigenvalue weighted by Crippen LogP contribution is -2.30. The van der Waals surface area contributed by atoms with Crippen LogP contribution in [0.4, 0.5) is 36.6 Å². The molecule has 0 saturated carbocycles. The maximum atomic E-state index is 12.6. The summed E-state index contributed by atoms with van der Waals surface area (Å²) < 4.78 is 49.3. The Morgan fingerprint density at radius 3 is 1.98 bits per heavy atom. The number of nitrogens with two attached hydrogens (primary N) is 2. The third-order valence-electron chi connectivity index (χ3n) is 4.99. The van der Waals surface area contributed by atoms with E-state index in [1.54, 1.807) is 0 Å². The summed E-state index contributed by atoms with van der Waals surface area (Å²) in [6.45, 7) is 6.62. The van der Waals surface area contributed by atoms with Crippen LogP contribution in [0.1, 0.15) is 25.8 Å². The summed E-state index contributed by atoms with van der Waals surface area (Å²) in [5, 5.41) is 27.9. The molecule has 0 saturated heterocycles. The van der Waals surface area contributed by atoms with Crippen molar-refractivity contribution < 1.29 is 37.5 Å². The van der Waals surface area contributed by atoms with Crippen LogP contribution >= 0.6 is 42.2 Å². The molecular weight excluding hydrogens is 695 g/mol. The maximum absolute atomic E-state index is 12.6. The second-order valence-electron chi connectivity index (χ2n) is 8.69. The predicted octanol–water partition coefficient (Wildman–Crippen LogP) is 4.77. The van der Waals surface area contributed by atoms with Gasteiger partial charge in [0.25, 0.3) is 0 Å². The zero-order chi connectivity index (χ0) is 34.7. The number of rotatable bonds is 10. The number of halogens is 6. The van der Waals surface area contributed by atoms with Gasteiger partial charge in [-0.1, -0.05) is 23.2 Å². The molecule has 45 heavy (non-hydrogen) atoms. The molecule has 2 aromatic heterocycles. The van der Waals surface area contributed by atoms with Crippen molar-refractivity contribution in [3.63, 3.8) is 0 Å². The number of nitrogen functional groups attached to an aromatic ring is 1. The van der Waals surface area contributed by atoms with E-state index in [2.05, 4.69) is 30.7 Å². The Morgan fingerprint density at radius 1 is 1.13 bits per heavy atom. The van der Waals surface area contributed by atoms with E-state index in [-0.39, 0.29) is 33.6 Å². The van der Waals surface area contributed by atoms with Gasteiger partial charge in [-0.15, -0.1) is 0 Å². The molecule has 23 heteroatoms. The van der Waals surface area contributed by atoms with Crippen LogP contribution in [0.25, 0.3) is 5.69 Å². The van der Waals surface area contributed by atoms with Crippen molar-refractivity contribution in [2.45, 2.75) is 32.5 Å². The fourth-order valence-corrected chi connectivity index (χ4v) is 4.49. The van der Waals surface area contributed by atoms with Crippen LogP contribution in [0.5, 0.6) is 0 Å². The summed E-state index contributed by atoms with van der Waals surface area (Å²) in [5.74, 6) is -0.543. The molecule has 0 aliphatic carbocycles. The molecule has 0 fully saturated rings. The summed E-state index contributed by atoms with van der Waals surface area (Å²) in [4.78, 5) is 40.6. The van der Waals surface area contributed by atoms with E-state index in [4.69, 9.17) is 56.3 Å². The number of benzene rings is 1. The van der Waals surface area contributed by atoms with Gasteiger partial charge in [0.2, 0.25) is 23.0 Å². The minimum absolute atomic E-state index is 0.0412. The van der Waals surface area contributed by atoms with Crippen LogP contribution in [0.15, 0.2) is 18.3 Å². The fourth-order valence-electron chi connectivity index (χ4n) is 2.93. The normalized spacial score (nSPS) is 12.9. The van der Waals surface area contributed by atoms with E-state index in [9.17, 15) is 32.6 Å². The maximum Gasteiger partial charge on any atom is 0.416 e. The number of anilines is 3. The van der Waals surface area contributed by atoms with E-state index >= 15 is 0 Å². The lowest BCUT2D eigenvalue weighted by Gasteiger charge is -2.12. The summed E-state index contributed by atoms with van der Waals surface area (Å²) in [6, 6.07) is 0.237. The van der Waals surface area contributed by atoms with Gasteiger partial charge in [-0.3, -0.25) is 19.5 Å². The van der Waals surface area contributed by atoms with E-state index in [0.717, 1.165) is 24.0 Å². The topological polar surface area (TPSA) is 250 Å². The fraction of sp³-hybridized carbons (Fsp3) is 0.409. The first-order chi connectivity index (χ1) is 20.7. The number of nitro groups is 1. The van der Waals surface area contributed by atoms with Gasteiger partial charge in [-0.05, 0) is 44.0 Å². The van der Waals surface area contributed by atoms with Crippen LogP contribution in [-0.4, -0.2) is 77.6 Å². The average molecular weight is 724 g/mol. The first-order valence-corrected chi connectivity index (χ1v) is 15.9. The molecule has 1 aromatic carbocycles. The van der Waals surface area contributed by atoms with Gasteiger partial charge in [0, 0.05) is 25.9 Å². The van der Waals surface area contributed by atoms with Crippen molar-refractivity contribution in [2.75, 3.05) is 42.3 Å². The first kappa shape index (κ1) is 39.5. The molecule has 2 heterocycles. The Hall–Kier alpha value is -3.48. The second-order valence-corrected chi connectivity index (χ2v) is 12.4. The summed E-state index contributed by atoms with van der Waals surface area (Å²) >= 11 is 17.2. The molecule has 2 unspecified atom stereocenters. The summed E-state index contributed by atoms with van der Waals surface area (Å²) in [7, 11) is -3.10. The molecule has 3 aromatic rings. The Bertz CT molecular complexity index is 1480. The van der Waals surface area contributed by atoms with Gasteiger partial charge in [0.15, 0.2) is 7.37 Å². The van der Waals surface area contributed by atoms with Crippen molar-refractivity contribution in [1.29, 1.82) is 0 Å². The summed E-state index contributed by atoms with van der Waals surface area (Å²) in [5.41, 5.74) is 8.87. The molecule has 0 amide bonds. The third kappa shape index (κ3) is 13.2. The first-order valence-electron chi connectivity index (χ1n) is 12.4. The van der Waals surface area contributed by atoms with Gasteiger partial charge >= 0.3 is 17.8 Å². The van der Waals surface area contributed by atoms with E-state index < -0.39 is 47.5 Å². The van der Waals surface area contributed by atoms with Crippen molar-refractivity contribution >= 4 is 71.5 Å². The number of hydrogen-bond acceptors (Lipinski definition) is 12. The van der Waals surface area contributed by atoms with Gasteiger partial charge < -0.3 is 32.1 Å². The molecule has 16 nitrogen and oxygen atoms in total. The highest BCUT2D eigenvalue weighted by atomic mass is 35.5. The monoisotopic (exact) mass is 722 g/mol. The average Bonchev–Trinajstić information content (AvgIpc) is 3.27. The SMILES string of the molecule is CCNc1nc(Cl)nc(NCC)n1.CP(=O)(O)CCC(N)C(=O)O.Nc1c([N+](=O)[O-])cnn1-c1c(Cl)cc(C(F)(F)F)cc1Cl. The number of aromatic nitrogens is 5. The molecule has 3 rings (SSSR count). The van der Waals surface area contributed by atoms with Crippen LogP contribution in [0.3, 0.4) is 0 Å². The van der Waals surface area contributed by atoms with Gasteiger partial charge in [-0.2, -0.15) is 33.2 Å². The van der Waals surface area contributed by atoms with Crippen LogP contribution in [0, 0.1) is 10.1 Å². The Labute approximate surface area is 268 Å². The van der Waals surface area contributed by atoms with Crippen LogP contribution in [-0.2, 0) is 15.5 Å². The molecule has 250 valence electrons. The predicted molar refractivity (Wildman–Crippen MR) is 164 cm³/mol. The molecule has 0 spiro atoms. The summed E-state index contributed by atoms with van der Waals surface area (Å²) in [6.07, 6.45) is -3.78. The van der Waals surface area contributed by atoms with Crippen molar-refractivity contribution in [2.24, 2.45) is 5.73 Å². The highest BCUT2D eigenvalue weighted by Crippen LogP contribution is 2.39. The standard InChI is InChI=1S/C10H5Cl2F3N4O2.C7H12ClN5.C5H12NO4P/c11-5-1-4(10(13,14)15)2-6(12)8(5)18-9(16)7(3-17-18)19(20)21;1-3-9-6-11-5(8)12-7(13-6)10-4-2;1-11(9,10)3-2-4(6)5(7)8/h1-3H,16H2;3-4H2,1-2H3,(H2,9,10,11,12,13);4H,2-3,6H2,1H3,(H,7,8)(H,9,10). The minimum Gasteiger partial charge on any atom is -0.480 e. The molecule has 8 N–H and O–H groups in total. The second kappa shape index (κ2) is 17.3. The number of carboxylic acids is 1. The molecule has 2 atom stereocenters. The molecule has 0 aliphatic heterocycles. The van der Waals surface area contributed by atoms with E-state index in [1.807, 2.05) is 13.8 Å². The smallest absolute Gasteiger partial charge is 0.416 e. The number of aliphatic carboxylic acids is 1. The number of nitrogens with one attached hydrogen (secondary N) is 2. The quantitative estimate of drug-likeness (QED) is 0.0937. The zero-order valence-electron chi connectivity index (χ0n) is 23.7. The number of carboxylic acid groups (broad SMARTS) is 1. The lowest BCUT2D eigenvalue weighted by molar-refractivity contribution is -0.383. The minimum atomic E-state index is -4.63.